The number of nitrogen functional groups attached to an aromatic ring is 2. The lowest BCUT2D eigenvalue weighted by Gasteiger charge is -2.27. The second-order valence-corrected chi connectivity index (χ2v) is 8.43. The van der Waals surface area contributed by atoms with Gasteiger partial charge in [0.25, 0.3) is 0 Å². The molecule has 1 saturated heterocycles. The fourth-order valence-corrected chi connectivity index (χ4v) is 3.80. The molecular formula is C24H30FN5OS. The third-order valence-electron chi connectivity index (χ3n) is 5.37. The zero-order chi connectivity index (χ0) is 23.1. The molecule has 5 N–H and O–H groups in total. The zero-order valence-electron chi connectivity index (χ0n) is 18.5. The van der Waals surface area contributed by atoms with Crippen LogP contribution in [-0.2, 0) is 11.2 Å². The molecule has 0 unspecified atom stereocenters. The van der Waals surface area contributed by atoms with Gasteiger partial charge >= 0.3 is 0 Å². The molecule has 1 aliphatic heterocycles. The van der Waals surface area contributed by atoms with Crippen LogP contribution in [0.2, 0.25) is 0 Å². The highest BCUT2D eigenvalue weighted by molar-refractivity contribution is 7.97. The number of benzene rings is 2. The van der Waals surface area contributed by atoms with E-state index in [4.69, 9.17) is 26.6 Å². The van der Waals surface area contributed by atoms with Crippen molar-refractivity contribution in [3.8, 4) is 11.1 Å². The number of fused-ring (bicyclic) bond motifs is 1. The van der Waals surface area contributed by atoms with Crippen molar-refractivity contribution in [1.82, 2.24) is 9.88 Å². The van der Waals surface area contributed by atoms with Crippen LogP contribution in [0.3, 0.4) is 0 Å². The van der Waals surface area contributed by atoms with Crippen molar-refractivity contribution in [3.63, 3.8) is 0 Å². The number of hydrogen-bond donors (Lipinski definition) is 3. The molecule has 3 aromatic rings. The highest BCUT2D eigenvalue weighted by Crippen LogP contribution is 2.36. The van der Waals surface area contributed by atoms with Gasteiger partial charge in [0.1, 0.15) is 11.6 Å². The van der Waals surface area contributed by atoms with Crippen molar-refractivity contribution in [2.24, 2.45) is 0 Å². The largest absolute Gasteiger partial charge is 0.398 e. The standard InChI is InChI=1S/C22H24FN5O.C2H6S/c23-16-3-1-14(2-4-16)21-17-11-15(13-24)19(25)12-18(17)22(26)27-20(21)5-6-28-7-9-29-10-8-28;1-3-2/h1-4,11-13,24H,5-10,25H2,(H2,26,27);1-2H3. The van der Waals surface area contributed by atoms with E-state index in [1.165, 1.54) is 18.3 Å². The van der Waals surface area contributed by atoms with E-state index >= 15 is 0 Å². The summed E-state index contributed by atoms with van der Waals surface area (Å²) in [4.78, 5) is 7.03. The molecule has 0 amide bonds. The quantitative estimate of drug-likeness (QED) is 0.396. The Balaban J connectivity index is 0.000000913. The maximum Gasteiger partial charge on any atom is 0.131 e. The van der Waals surface area contributed by atoms with Gasteiger partial charge in [0.05, 0.1) is 18.9 Å². The monoisotopic (exact) mass is 455 g/mol. The lowest BCUT2D eigenvalue weighted by atomic mass is 9.93. The Kier molecular flexibility index (Phi) is 8.44. The molecule has 1 fully saturated rings. The van der Waals surface area contributed by atoms with Crippen molar-refractivity contribution in [2.45, 2.75) is 6.42 Å². The molecule has 8 heteroatoms. The van der Waals surface area contributed by atoms with Crippen LogP contribution in [0.1, 0.15) is 11.3 Å². The van der Waals surface area contributed by atoms with E-state index in [9.17, 15) is 4.39 Å². The molecule has 170 valence electrons. The Hall–Kier alpha value is -2.68. The van der Waals surface area contributed by atoms with E-state index < -0.39 is 0 Å². The van der Waals surface area contributed by atoms with Crippen LogP contribution < -0.4 is 11.5 Å². The van der Waals surface area contributed by atoms with E-state index in [1.807, 2.05) is 18.6 Å². The van der Waals surface area contributed by atoms with Crippen molar-refractivity contribution in [3.05, 3.63) is 53.5 Å². The number of nitrogens with one attached hydrogen (secondary N) is 1. The first kappa shape index (κ1) is 24.0. The second-order valence-electron chi connectivity index (χ2n) is 7.61. The first-order chi connectivity index (χ1) is 15.5. The predicted octanol–water partition coefficient (Wildman–Crippen LogP) is 4.06. The van der Waals surface area contributed by atoms with Crippen LogP contribution in [0, 0.1) is 11.2 Å². The van der Waals surface area contributed by atoms with Gasteiger partial charge in [0.15, 0.2) is 0 Å². The summed E-state index contributed by atoms with van der Waals surface area (Å²) in [7, 11) is 0. The van der Waals surface area contributed by atoms with Crippen LogP contribution in [-0.4, -0.2) is 61.5 Å². The zero-order valence-corrected chi connectivity index (χ0v) is 19.3. The Labute approximate surface area is 192 Å². The van der Waals surface area contributed by atoms with Crippen LogP contribution in [0.4, 0.5) is 15.9 Å². The smallest absolute Gasteiger partial charge is 0.131 e. The molecule has 2 heterocycles. The fraction of sp³-hybridized carbons (Fsp3) is 0.333. The maximum atomic E-state index is 13.5. The third kappa shape index (κ3) is 5.56. The average molecular weight is 456 g/mol. The van der Waals surface area contributed by atoms with Crippen molar-refractivity contribution >= 4 is 40.3 Å². The molecule has 2 aromatic carbocycles. The molecular weight excluding hydrogens is 425 g/mol. The van der Waals surface area contributed by atoms with Gasteiger partial charge in [-0.3, -0.25) is 4.90 Å². The number of nitrogens with two attached hydrogens (primary N) is 2. The number of morpholine rings is 1. The first-order valence-corrected chi connectivity index (χ1v) is 12.1. The molecule has 32 heavy (non-hydrogen) atoms. The maximum absolute atomic E-state index is 13.5. The highest BCUT2D eigenvalue weighted by atomic mass is 32.2. The summed E-state index contributed by atoms with van der Waals surface area (Å²) in [6, 6.07) is 10.0. The molecule has 0 spiro atoms. The summed E-state index contributed by atoms with van der Waals surface area (Å²) in [5.74, 6) is 0.117. The van der Waals surface area contributed by atoms with Gasteiger partial charge in [-0.05, 0) is 47.7 Å². The molecule has 0 aliphatic carbocycles. The SMILES string of the molecule is CSC.N=Cc1cc2c(-c3ccc(F)cc3)c(CCN3CCOCC3)nc(N)c2cc1N. The van der Waals surface area contributed by atoms with Crippen LogP contribution >= 0.6 is 11.8 Å². The lowest BCUT2D eigenvalue weighted by molar-refractivity contribution is 0.0383. The number of thioether (sulfide) groups is 1. The fourth-order valence-electron chi connectivity index (χ4n) is 3.80. The predicted molar refractivity (Wildman–Crippen MR) is 134 cm³/mol. The third-order valence-corrected chi connectivity index (χ3v) is 5.37. The number of aromatic nitrogens is 1. The molecule has 0 radical (unpaired) electrons. The van der Waals surface area contributed by atoms with E-state index in [2.05, 4.69) is 4.90 Å². The molecule has 0 bridgehead atoms. The van der Waals surface area contributed by atoms with Gasteiger partial charge < -0.3 is 21.6 Å². The Morgan fingerprint density at radius 1 is 1.12 bits per heavy atom. The normalized spacial score (nSPS) is 14.1. The summed E-state index contributed by atoms with van der Waals surface area (Å²) >= 11 is 1.75. The average Bonchev–Trinajstić information content (AvgIpc) is 2.80. The summed E-state index contributed by atoms with van der Waals surface area (Å²) in [6.07, 6.45) is 6.02. The van der Waals surface area contributed by atoms with E-state index in [1.54, 1.807) is 30.0 Å². The number of anilines is 2. The van der Waals surface area contributed by atoms with Gasteiger partial charge in [0.2, 0.25) is 0 Å². The van der Waals surface area contributed by atoms with E-state index in [0.717, 1.165) is 60.4 Å². The summed E-state index contributed by atoms with van der Waals surface area (Å²) < 4.78 is 19.0. The topological polar surface area (TPSA) is 101 Å². The van der Waals surface area contributed by atoms with Gasteiger partial charge in [0, 0.05) is 54.5 Å². The van der Waals surface area contributed by atoms with Crippen molar-refractivity contribution in [2.75, 3.05) is 56.8 Å². The molecule has 0 atom stereocenters. The highest BCUT2D eigenvalue weighted by Gasteiger charge is 2.18. The van der Waals surface area contributed by atoms with Gasteiger partial charge in [-0.1, -0.05) is 12.1 Å². The van der Waals surface area contributed by atoms with Crippen LogP contribution in [0.5, 0.6) is 0 Å². The number of rotatable bonds is 5. The molecule has 6 nitrogen and oxygen atoms in total. The number of pyridine rings is 1. The second kappa shape index (κ2) is 11.3. The minimum absolute atomic E-state index is 0.291. The molecule has 1 aliphatic rings. The molecule has 4 rings (SSSR count). The van der Waals surface area contributed by atoms with Gasteiger partial charge in [-0.2, -0.15) is 11.8 Å². The summed E-state index contributed by atoms with van der Waals surface area (Å²) in [5, 5.41) is 9.27. The number of hydrogen-bond acceptors (Lipinski definition) is 7. The van der Waals surface area contributed by atoms with Crippen molar-refractivity contribution in [1.29, 1.82) is 5.41 Å². The Morgan fingerprint density at radius 3 is 2.41 bits per heavy atom. The Morgan fingerprint density at radius 2 is 1.78 bits per heavy atom. The lowest BCUT2D eigenvalue weighted by Crippen LogP contribution is -2.37. The number of ether oxygens (including phenoxy) is 1. The minimum Gasteiger partial charge on any atom is -0.398 e. The summed E-state index contributed by atoms with van der Waals surface area (Å²) in [5.41, 5.74) is 16.1. The van der Waals surface area contributed by atoms with Crippen LogP contribution in [0.15, 0.2) is 36.4 Å². The Bertz CT molecular complexity index is 1070. The number of nitrogens with zero attached hydrogens (tertiary/aromatic N) is 2. The minimum atomic E-state index is -0.291. The molecule has 1 aromatic heterocycles. The summed E-state index contributed by atoms with van der Waals surface area (Å²) in [6.45, 7) is 4.09. The van der Waals surface area contributed by atoms with E-state index in [0.29, 0.717) is 23.5 Å². The molecule has 0 saturated carbocycles. The number of halogens is 1. The van der Waals surface area contributed by atoms with Crippen LogP contribution in [0.25, 0.3) is 21.9 Å². The first-order valence-electron chi connectivity index (χ1n) is 10.5. The van der Waals surface area contributed by atoms with Gasteiger partial charge in [-0.25, -0.2) is 9.37 Å². The van der Waals surface area contributed by atoms with Crippen molar-refractivity contribution < 1.29 is 9.13 Å². The van der Waals surface area contributed by atoms with E-state index in [-0.39, 0.29) is 5.82 Å². The van der Waals surface area contributed by atoms with Gasteiger partial charge in [-0.15, -0.1) is 0 Å².